The van der Waals surface area contributed by atoms with Crippen LogP contribution in [0.3, 0.4) is 0 Å². The fourth-order valence-electron chi connectivity index (χ4n) is 4.27. The number of methoxy groups -OCH3 is 1. The first-order chi connectivity index (χ1) is 15.6. The second kappa shape index (κ2) is 8.27. The van der Waals surface area contributed by atoms with Crippen molar-refractivity contribution in [2.24, 2.45) is 0 Å². The van der Waals surface area contributed by atoms with Gasteiger partial charge in [0.1, 0.15) is 5.15 Å². The number of halogens is 1. The van der Waals surface area contributed by atoms with E-state index in [0.717, 1.165) is 35.0 Å². The first-order valence-electron chi connectivity index (χ1n) is 10.4. The van der Waals surface area contributed by atoms with E-state index in [1.54, 1.807) is 12.1 Å². The van der Waals surface area contributed by atoms with E-state index in [1.165, 1.54) is 12.7 Å². The number of hydrogen-bond acceptors (Lipinski definition) is 7. The smallest absolute Gasteiger partial charge is 0.306 e. The van der Waals surface area contributed by atoms with Crippen LogP contribution in [0.4, 0.5) is 0 Å². The summed E-state index contributed by atoms with van der Waals surface area (Å²) in [6, 6.07) is 9.35. The molecule has 1 N–H and O–H groups in total. The fraction of sp³-hybridized carbons (Fsp3) is 0.304. The summed E-state index contributed by atoms with van der Waals surface area (Å²) >= 11 is 6.06. The van der Waals surface area contributed by atoms with Crippen molar-refractivity contribution in [1.82, 2.24) is 20.1 Å². The monoisotopic (exact) mass is 452 g/mol. The molecule has 8 nitrogen and oxygen atoms in total. The average molecular weight is 453 g/mol. The van der Waals surface area contributed by atoms with Gasteiger partial charge >= 0.3 is 5.97 Å². The van der Waals surface area contributed by atoms with Crippen LogP contribution in [0.2, 0.25) is 5.15 Å². The van der Waals surface area contributed by atoms with Gasteiger partial charge in [0.15, 0.2) is 0 Å². The van der Waals surface area contributed by atoms with Crippen molar-refractivity contribution in [3.63, 3.8) is 0 Å². The lowest BCUT2D eigenvalue weighted by atomic mass is 10.0. The number of H-pyrrole nitrogens is 1. The number of aromatic nitrogens is 4. The number of aromatic amines is 1. The number of fused-ring (bicyclic) bond motifs is 3. The summed E-state index contributed by atoms with van der Waals surface area (Å²) in [5, 5.41) is 5.54. The van der Waals surface area contributed by atoms with Gasteiger partial charge in [0.05, 0.1) is 20.1 Å². The SMILES string of the molecule is CCOC(=O)CC1CCc2c1[nH]c1ccc(-c3noc(-c4cc(Cl)nc(OC)c4)n3)cc21. The first kappa shape index (κ1) is 20.5. The molecular formula is C23H21ClN4O4. The Morgan fingerprint density at radius 3 is 2.94 bits per heavy atom. The number of carbonyl (C=O) groups is 1. The lowest BCUT2D eigenvalue weighted by molar-refractivity contribution is -0.143. The van der Waals surface area contributed by atoms with Crippen LogP contribution in [0.25, 0.3) is 33.7 Å². The van der Waals surface area contributed by atoms with Crippen LogP contribution in [-0.2, 0) is 16.0 Å². The van der Waals surface area contributed by atoms with E-state index in [9.17, 15) is 4.79 Å². The summed E-state index contributed by atoms with van der Waals surface area (Å²) in [5.41, 5.74) is 4.87. The highest BCUT2D eigenvalue weighted by molar-refractivity contribution is 6.29. The van der Waals surface area contributed by atoms with Crippen LogP contribution in [0, 0.1) is 0 Å². The third kappa shape index (κ3) is 3.71. The second-order valence-electron chi connectivity index (χ2n) is 7.67. The molecule has 4 aromatic rings. The van der Waals surface area contributed by atoms with Crippen LogP contribution < -0.4 is 4.74 Å². The van der Waals surface area contributed by atoms with Gasteiger partial charge in [0.2, 0.25) is 11.7 Å². The van der Waals surface area contributed by atoms with Crippen molar-refractivity contribution < 1.29 is 18.8 Å². The molecule has 3 aromatic heterocycles. The Hall–Kier alpha value is -3.39. The third-order valence-corrected chi connectivity index (χ3v) is 5.91. The molecule has 164 valence electrons. The Morgan fingerprint density at radius 2 is 2.12 bits per heavy atom. The highest BCUT2D eigenvalue weighted by atomic mass is 35.5. The van der Waals surface area contributed by atoms with E-state index in [4.69, 9.17) is 25.6 Å². The molecule has 0 saturated heterocycles. The molecule has 1 unspecified atom stereocenters. The minimum absolute atomic E-state index is 0.156. The number of nitrogens with zero attached hydrogens (tertiary/aromatic N) is 3. The maximum atomic E-state index is 12.0. The number of rotatable bonds is 6. The van der Waals surface area contributed by atoms with E-state index in [1.807, 2.05) is 19.1 Å². The van der Waals surface area contributed by atoms with Crippen LogP contribution in [0.15, 0.2) is 34.9 Å². The van der Waals surface area contributed by atoms with Crippen molar-refractivity contribution >= 4 is 28.5 Å². The lowest BCUT2D eigenvalue weighted by Crippen LogP contribution is -2.08. The van der Waals surface area contributed by atoms with Crippen molar-refractivity contribution in [1.29, 1.82) is 0 Å². The van der Waals surface area contributed by atoms with E-state index < -0.39 is 0 Å². The normalized spacial score (nSPS) is 15.2. The number of benzene rings is 1. The number of carbonyl (C=O) groups excluding carboxylic acids is 1. The zero-order valence-electron chi connectivity index (χ0n) is 17.6. The fourth-order valence-corrected chi connectivity index (χ4v) is 4.47. The van der Waals surface area contributed by atoms with Crippen LogP contribution in [0.5, 0.6) is 5.88 Å². The summed E-state index contributed by atoms with van der Waals surface area (Å²) in [7, 11) is 1.52. The Kier molecular flexibility index (Phi) is 5.30. The number of pyridine rings is 1. The molecule has 3 heterocycles. The van der Waals surface area contributed by atoms with Crippen molar-refractivity contribution in [3.8, 4) is 28.7 Å². The van der Waals surface area contributed by atoms with E-state index in [2.05, 4.69) is 26.2 Å². The van der Waals surface area contributed by atoms with Crippen LogP contribution in [0.1, 0.15) is 36.9 Å². The molecule has 0 fully saturated rings. The number of ether oxygens (including phenoxy) is 2. The van der Waals surface area contributed by atoms with Crippen molar-refractivity contribution in [3.05, 3.63) is 46.7 Å². The van der Waals surface area contributed by atoms with Gasteiger partial charge in [-0.3, -0.25) is 4.79 Å². The first-order valence-corrected chi connectivity index (χ1v) is 10.8. The third-order valence-electron chi connectivity index (χ3n) is 5.72. The summed E-state index contributed by atoms with van der Waals surface area (Å²) < 4.78 is 15.8. The standard InChI is InChI=1S/C23H21ClN4O4/c1-3-31-20(29)11-12-4-6-15-16-8-13(5-7-17(16)25-21(12)15)22-27-23(32-28-22)14-9-18(24)26-19(10-14)30-2/h5,7-10,12,25H,3-4,6,11H2,1-2H3. The highest BCUT2D eigenvalue weighted by Crippen LogP contribution is 2.40. The Morgan fingerprint density at radius 1 is 1.25 bits per heavy atom. The predicted molar refractivity (Wildman–Crippen MR) is 119 cm³/mol. The average Bonchev–Trinajstić information content (AvgIpc) is 3.49. The molecule has 1 aliphatic rings. The van der Waals surface area contributed by atoms with Gasteiger partial charge in [-0.05, 0) is 49.6 Å². The van der Waals surface area contributed by atoms with E-state index in [-0.39, 0.29) is 17.0 Å². The summed E-state index contributed by atoms with van der Waals surface area (Å²) in [6.45, 7) is 2.23. The molecule has 1 atom stereocenters. The number of hydrogen-bond donors (Lipinski definition) is 1. The van der Waals surface area contributed by atoms with Gasteiger partial charge in [0.25, 0.3) is 5.89 Å². The number of nitrogens with one attached hydrogen (secondary N) is 1. The topological polar surface area (TPSA) is 103 Å². The largest absolute Gasteiger partial charge is 0.481 e. The van der Waals surface area contributed by atoms with Crippen LogP contribution >= 0.6 is 11.6 Å². The lowest BCUT2D eigenvalue weighted by Gasteiger charge is -2.08. The Bertz CT molecular complexity index is 1310. The van der Waals surface area contributed by atoms with Gasteiger partial charge in [-0.15, -0.1) is 0 Å². The van der Waals surface area contributed by atoms with Gasteiger partial charge in [-0.2, -0.15) is 4.98 Å². The molecule has 5 rings (SSSR count). The molecule has 0 bridgehead atoms. The molecule has 0 aliphatic heterocycles. The summed E-state index contributed by atoms with van der Waals surface area (Å²) in [5.74, 6) is 1.18. The molecule has 9 heteroatoms. The highest BCUT2D eigenvalue weighted by Gasteiger charge is 2.29. The van der Waals surface area contributed by atoms with E-state index in [0.29, 0.717) is 36.2 Å². The zero-order chi connectivity index (χ0) is 22.2. The summed E-state index contributed by atoms with van der Waals surface area (Å²) in [4.78, 5) is 24.1. The maximum Gasteiger partial charge on any atom is 0.306 e. The van der Waals surface area contributed by atoms with Crippen molar-refractivity contribution in [2.75, 3.05) is 13.7 Å². The molecule has 1 aromatic carbocycles. The van der Waals surface area contributed by atoms with Gasteiger partial charge < -0.3 is 19.0 Å². The zero-order valence-corrected chi connectivity index (χ0v) is 18.4. The molecule has 0 spiro atoms. The molecular weight excluding hydrogens is 432 g/mol. The summed E-state index contributed by atoms with van der Waals surface area (Å²) in [6.07, 6.45) is 2.24. The van der Waals surface area contributed by atoms with Gasteiger partial charge in [-0.1, -0.05) is 16.8 Å². The number of aryl methyl sites for hydroxylation is 1. The van der Waals surface area contributed by atoms with E-state index >= 15 is 0 Å². The minimum atomic E-state index is -0.156. The molecule has 1 aliphatic carbocycles. The van der Waals surface area contributed by atoms with Gasteiger partial charge in [0, 0.05) is 39.7 Å². The van der Waals surface area contributed by atoms with Crippen LogP contribution in [-0.4, -0.2) is 39.8 Å². The molecule has 0 radical (unpaired) electrons. The van der Waals surface area contributed by atoms with Gasteiger partial charge in [-0.25, -0.2) is 4.98 Å². The second-order valence-corrected chi connectivity index (χ2v) is 8.05. The molecule has 0 amide bonds. The molecule has 32 heavy (non-hydrogen) atoms. The maximum absolute atomic E-state index is 12.0. The Balaban J connectivity index is 1.46. The van der Waals surface area contributed by atoms with Crippen molar-refractivity contribution in [2.45, 2.75) is 32.1 Å². The minimum Gasteiger partial charge on any atom is -0.481 e. The molecule has 0 saturated carbocycles. The Labute approximate surface area is 188 Å². The quantitative estimate of drug-likeness (QED) is 0.327. The predicted octanol–water partition coefficient (Wildman–Crippen LogP) is 4.92. The number of esters is 1.